The van der Waals surface area contributed by atoms with Crippen molar-refractivity contribution >= 4 is 12.1 Å². The molecule has 1 amide bonds. The van der Waals surface area contributed by atoms with Gasteiger partial charge in [-0.3, -0.25) is 0 Å². The van der Waals surface area contributed by atoms with E-state index in [2.05, 4.69) is 5.32 Å². The average molecular weight is 416 g/mol. The van der Waals surface area contributed by atoms with E-state index in [1.807, 2.05) is 56.3 Å². The van der Waals surface area contributed by atoms with Crippen molar-refractivity contribution in [2.24, 2.45) is 0 Å². The van der Waals surface area contributed by atoms with Crippen molar-refractivity contribution in [3.05, 3.63) is 65.7 Å². The first-order valence-electron chi connectivity index (χ1n) is 10.1. The molecule has 2 rings (SSSR count). The van der Waals surface area contributed by atoms with Gasteiger partial charge in [0.15, 0.2) is 0 Å². The van der Waals surface area contributed by atoms with Gasteiger partial charge in [0.2, 0.25) is 0 Å². The normalized spacial score (nSPS) is 11.4. The Morgan fingerprint density at radius 1 is 0.933 bits per heavy atom. The third-order valence-corrected chi connectivity index (χ3v) is 3.80. The van der Waals surface area contributed by atoms with Crippen LogP contribution in [0.4, 0.5) is 4.79 Å². The smallest absolute Gasteiger partial charge is 0.408 e. The lowest BCUT2D eigenvalue weighted by Crippen LogP contribution is -2.45. The van der Waals surface area contributed by atoms with E-state index in [1.165, 1.54) is 0 Å². The minimum atomic E-state index is -0.869. The van der Waals surface area contributed by atoms with Crippen LogP contribution in [0.1, 0.15) is 45.7 Å². The zero-order chi connectivity index (χ0) is 22.6. The van der Waals surface area contributed by atoms with Crippen molar-refractivity contribution in [2.45, 2.75) is 59.3 Å². The molecule has 2 aromatic rings. The van der Waals surface area contributed by atoms with Crippen LogP contribution in [-0.4, -0.2) is 30.8 Å². The molecule has 0 bridgehead atoms. The molecule has 0 fully saturated rings. The number of alkyl carbamates (subject to hydrolysis) is 1. The van der Waals surface area contributed by atoms with Gasteiger partial charge < -0.3 is 19.5 Å². The Morgan fingerprint density at radius 3 is 2.07 bits per heavy atom. The van der Waals surface area contributed by atoms with Gasteiger partial charge in [0.05, 0.1) is 7.11 Å². The van der Waals surface area contributed by atoms with Gasteiger partial charge in [-0.25, -0.2) is 9.59 Å². The largest absolute Gasteiger partial charge is 0.497 e. The lowest BCUT2D eigenvalue weighted by Gasteiger charge is -2.23. The Morgan fingerprint density at radius 2 is 1.53 bits per heavy atom. The Kier molecular flexibility index (Phi) is 10.4. The van der Waals surface area contributed by atoms with E-state index in [0.717, 1.165) is 11.1 Å². The fourth-order valence-corrected chi connectivity index (χ4v) is 2.47. The minimum Gasteiger partial charge on any atom is -0.497 e. The Bertz CT molecular complexity index is 766. The van der Waals surface area contributed by atoms with Crippen molar-refractivity contribution in [1.82, 2.24) is 5.32 Å². The van der Waals surface area contributed by atoms with Gasteiger partial charge >= 0.3 is 12.1 Å². The second-order valence-corrected chi connectivity index (χ2v) is 7.34. The highest BCUT2D eigenvalue weighted by atomic mass is 16.6. The number of benzene rings is 2. The topological polar surface area (TPSA) is 73.9 Å². The summed E-state index contributed by atoms with van der Waals surface area (Å²) >= 11 is 0. The van der Waals surface area contributed by atoms with Crippen LogP contribution in [0.5, 0.6) is 5.75 Å². The van der Waals surface area contributed by atoms with Gasteiger partial charge in [-0.15, -0.1) is 0 Å². The van der Waals surface area contributed by atoms with Gasteiger partial charge in [0.25, 0.3) is 0 Å². The first-order valence-corrected chi connectivity index (χ1v) is 10.1. The predicted octanol–water partition coefficient (Wildman–Crippen LogP) is 4.90. The summed E-state index contributed by atoms with van der Waals surface area (Å²) in [6.07, 6.45) is -0.390. The number of carbonyl (C=O) groups is 2. The number of hydrogen-bond acceptors (Lipinski definition) is 5. The van der Waals surface area contributed by atoms with Crippen molar-refractivity contribution in [1.29, 1.82) is 0 Å². The Hall–Kier alpha value is -3.02. The van der Waals surface area contributed by atoms with Crippen molar-refractivity contribution in [3.63, 3.8) is 0 Å². The summed E-state index contributed by atoms with van der Waals surface area (Å²) in [6, 6.07) is 15.8. The molecule has 6 heteroatoms. The molecule has 1 N–H and O–H groups in total. The summed E-state index contributed by atoms with van der Waals surface area (Å²) in [5, 5.41) is 2.62. The highest BCUT2D eigenvalue weighted by molar-refractivity contribution is 5.81. The van der Waals surface area contributed by atoms with E-state index < -0.39 is 23.7 Å². The van der Waals surface area contributed by atoms with Crippen LogP contribution >= 0.6 is 0 Å². The Labute approximate surface area is 179 Å². The van der Waals surface area contributed by atoms with Crippen LogP contribution in [0.25, 0.3) is 0 Å². The summed E-state index contributed by atoms with van der Waals surface area (Å²) in [7, 11) is 1.59. The van der Waals surface area contributed by atoms with Crippen molar-refractivity contribution in [3.8, 4) is 5.75 Å². The van der Waals surface area contributed by atoms with E-state index in [9.17, 15) is 9.59 Å². The molecular formula is C24H33NO5. The lowest BCUT2D eigenvalue weighted by molar-refractivity contribution is -0.147. The maximum Gasteiger partial charge on any atom is 0.408 e. The summed E-state index contributed by atoms with van der Waals surface area (Å²) in [5.41, 5.74) is 1.07. The summed E-state index contributed by atoms with van der Waals surface area (Å²) in [4.78, 5) is 24.8. The van der Waals surface area contributed by atoms with Gasteiger partial charge in [-0.05, 0) is 44.0 Å². The number of esters is 1. The van der Waals surface area contributed by atoms with Crippen LogP contribution in [0, 0.1) is 0 Å². The molecule has 0 heterocycles. The van der Waals surface area contributed by atoms with E-state index in [-0.39, 0.29) is 13.0 Å². The molecule has 0 saturated carbocycles. The minimum absolute atomic E-state index is 0.134. The molecule has 1 unspecified atom stereocenters. The molecule has 0 aliphatic rings. The number of hydrogen-bond donors (Lipinski definition) is 1. The standard InChI is InChI=1S/C22H27NO5.C2H6/c1-22(2,3)28-21(25)23-19(14-16-10-12-18(26-4)13-11-16)20(24)27-15-17-8-6-5-7-9-17;1-2/h5-13,19H,14-15H2,1-4H3,(H,23,25);1-2H3. The zero-order valence-electron chi connectivity index (χ0n) is 18.7. The summed E-state index contributed by atoms with van der Waals surface area (Å²) < 4.78 is 15.8. The first-order chi connectivity index (χ1) is 14.3. The molecule has 6 nitrogen and oxygen atoms in total. The van der Waals surface area contributed by atoms with Crippen molar-refractivity contribution < 1.29 is 23.8 Å². The molecule has 164 valence electrons. The number of rotatable bonds is 7. The van der Waals surface area contributed by atoms with Gasteiger partial charge in [0.1, 0.15) is 24.0 Å². The molecule has 0 aliphatic carbocycles. The number of methoxy groups -OCH3 is 1. The SMILES string of the molecule is CC.COc1ccc(CC(NC(=O)OC(C)(C)C)C(=O)OCc2ccccc2)cc1. The molecule has 1 atom stereocenters. The molecule has 0 radical (unpaired) electrons. The second-order valence-electron chi connectivity index (χ2n) is 7.34. The molecule has 30 heavy (non-hydrogen) atoms. The lowest BCUT2D eigenvalue weighted by atomic mass is 10.1. The first kappa shape index (κ1) is 25.0. The highest BCUT2D eigenvalue weighted by Gasteiger charge is 2.26. The van der Waals surface area contributed by atoms with E-state index in [1.54, 1.807) is 40.0 Å². The van der Waals surface area contributed by atoms with E-state index in [0.29, 0.717) is 5.75 Å². The van der Waals surface area contributed by atoms with Crippen LogP contribution in [-0.2, 0) is 27.3 Å². The summed E-state index contributed by atoms with van der Waals surface area (Å²) in [6.45, 7) is 9.42. The molecule has 2 aromatic carbocycles. The zero-order valence-corrected chi connectivity index (χ0v) is 18.7. The molecular weight excluding hydrogens is 382 g/mol. The fraction of sp³-hybridized carbons (Fsp3) is 0.417. The quantitative estimate of drug-likeness (QED) is 0.651. The van der Waals surface area contributed by atoms with Crippen LogP contribution in [0.3, 0.4) is 0 Å². The molecule has 0 spiro atoms. The summed E-state index contributed by atoms with van der Waals surface area (Å²) in [5.74, 6) is 0.192. The monoisotopic (exact) mass is 415 g/mol. The number of amides is 1. The number of carbonyl (C=O) groups excluding carboxylic acids is 2. The molecule has 0 saturated heterocycles. The van der Waals surface area contributed by atoms with E-state index in [4.69, 9.17) is 14.2 Å². The fourth-order valence-electron chi connectivity index (χ4n) is 2.47. The van der Waals surface area contributed by atoms with Crippen LogP contribution < -0.4 is 10.1 Å². The van der Waals surface area contributed by atoms with Crippen LogP contribution in [0.2, 0.25) is 0 Å². The number of nitrogens with one attached hydrogen (secondary N) is 1. The van der Waals surface area contributed by atoms with Gasteiger partial charge in [0, 0.05) is 6.42 Å². The second kappa shape index (κ2) is 12.5. The number of ether oxygens (including phenoxy) is 3. The Balaban J connectivity index is 0.00000218. The van der Waals surface area contributed by atoms with E-state index >= 15 is 0 Å². The maximum absolute atomic E-state index is 12.6. The predicted molar refractivity (Wildman–Crippen MR) is 117 cm³/mol. The molecule has 0 aliphatic heterocycles. The van der Waals surface area contributed by atoms with Gasteiger partial charge in [-0.1, -0.05) is 56.3 Å². The molecule has 0 aromatic heterocycles. The van der Waals surface area contributed by atoms with Crippen LogP contribution in [0.15, 0.2) is 54.6 Å². The highest BCUT2D eigenvalue weighted by Crippen LogP contribution is 2.14. The van der Waals surface area contributed by atoms with Gasteiger partial charge in [-0.2, -0.15) is 0 Å². The third kappa shape index (κ3) is 9.45. The third-order valence-electron chi connectivity index (χ3n) is 3.80. The average Bonchev–Trinajstić information content (AvgIpc) is 2.73. The van der Waals surface area contributed by atoms with Crippen molar-refractivity contribution in [2.75, 3.05) is 7.11 Å². The maximum atomic E-state index is 12.6.